The Balaban J connectivity index is 1.56. The lowest BCUT2D eigenvalue weighted by atomic mass is 9.98. The van der Waals surface area contributed by atoms with Crippen LogP contribution >= 0.6 is 12.2 Å². The number of rotatable bonds is 8. The van der Waals surface area contributed by atoms with Crippen LogP contribution in [0, 0.1) is 5.92 Å². The van der Waals surface area contributed by atoms with Crippen LogP contribution in [0.5, 0.6) is 5.75 Å². The van der Waals surface area contributed by atoms with Crippen LogP contribution in [-0.2, 0) is 4.74 Å². The van der Waals surface area contributed by atoms with E-state index in [9.17, 15) is 9.59 Å². The molecule has 8 heteroatoms. The lowest BCUT2D eigenvalue weighted by Crippen LogP contribution is -2.39. The average Bonchev–Trinajstić information content (AvgIpc) is 2.82. The van der Waals surface area contributed by atoms with Crippen molar-refractivity contribution in [3.05, 3.63) is 59.7 Å². The zero-order valence-electron chi connectivity index (χ0n) is 19.1. The van der Waals surface area contributed by atoms with Gasteiger partial charge in [0.05, 0.1) is 17.9 Å². The number of nitrogens with zero attached hydrogens (tertiary/aromatic N) is 1. The smallest absolute Gasteiger partial charge is 0.257 e. The summed E-state index contributed by atoms with van der Waals surface area (Å²) in [5.41, 5.74) is 1.56. The third-order valence-electron chi connectivity index (χ3n) is 5.52. The lowest BCUT2D eigenvalue weighted by molar-refractivity contribution is 0.0698. The molecule has 0 saturated carbocycles. The van der Waals surface area contributed by atoms with Gasteiger partial charge in [0.25, 0.3) is 11.8 Å². The highest BCUT2D eigenvalue weighted by atomic mass is 32.1. The first-order chi connectivity index (χ1) is 16.0. The van der Waals surface area contributed by atoms with E-state index in [0.717, 1.165) is 25.9 Å². The van der Waals surface area contributed by atoms with Crippen LogP contribution in [0.25, 0.3) is 0 Å². The molecule has 2 aromatic rings. The first-order valence-corrected chi connectivity index (χ1v) is 11.7. The summed E-state index contributed by atoms with van der Waals surface area (Å²) in [7, 11) is 0. The molecule has 1 aliphatic rings. The van der Waals surface area contributed by atoms with Gasteiger partial charge in [0.15, 0.2) is 5.11 Å². The molecule has 0 spiro atoms. The van der Waals surface area contributed by atoms with Crippen molar-refractivity contribution in [3.63, 3.8) is 0 Å². The average molecular weight is 470 g/mol. The summed E-state index contributed by atoms with van der Waals surface area (Å²) in [4.78, 5) is 27.5. The molecule has 2 aromatic carbocycles. The van der Waals surface area contributed by atoms with E-state index in [1.165, 1.54) is 0 Å². The molecule has 1 aliphatic heterocycles. The fourth-order valence-electron chi connectivity index (χ4n) is 3.55. The number of benzene rings is 2. The number of likely N-dealkylation sites (tertiary alicyclic amines) is 1. The van der Waals surface area contributed by atoms with Crippen molar-refractivity contribution < 1.29 is 19.1 Å². The maximum absolute atomic E-state index is 13.0. The molecule has 7 nitrogen and oxygen atoms in total. The standard InChI is InChI=1S/C25H31N3O4S/c1-3-31-16-17-32-20-10-8-19(9-11-20)23(29)27-25(33)26-22-7-5-4-6-21(22)24(30)28-14-12-18(2)13-15-28/h4-11,18H,3,12-17H2,1-2H3,(H2,26,27,29,33). The Labute approximate surface area is 200 Å². The van der Waals surface area contributed by atoms with E-state index >= 15 is 0 Å². The van der Waals surface area contributed by atoms with E-state index in [4.69, 9.17) is 21.7 Å². The molecular weight excluding hydrogens is 438 g/mol. The number of anilines is 1. The molecule has 2 amide bonds. The lowest BCUT2D eigenvalue weighted by Gasteiger charge is -2.30. The van der Waals surface area contributed by atoms with Crippen molar-refractivity contribution in [1.29, 1.82) is 0 Å². The minimum Gasteiger partial charge on any atom is -0.491 e. The summed E-state index contributed by atoms with van der Waals surface area (Å²) >= 11 is 5.33. The summed E-state index contributed by atoms with van der Waals surface area (Å²) in [5, 5.41) is 5.81. The molecule has 0 unspecified atom stereocenters. The first-order valence-electron chi connectivity index (χ1n) is 11.3. The Morgan fingerprint density at radius 3 is 2.45 bits per heavy atom. The van der Waals surface area contributed by atoms with Crippen LogP contribution in [-0.4, -0.2) is 54.7 Å². The minimum absolute atomic E-state index is 0.0287. The van der Waals surface area contributed by atoms with Gasteiger partial charge in [-0.1, -0.05) is 19.1 Å². The van der Waals surface area contributed by atoms with Crippen molar-refractivity contribution in [1.82, 2.24) is 10.2 Å². The third-order valence-corrected chi connectivity index (χ3v) is 5.72. The molecule has 2 N–H and O–H groups in total. The molecule has 3 rings (SSSR count). The van der Waals surface area contributed by atoms with Crippen molar-refractivity contribution in [2.75, 3.05) is 38.2 Å². The fourth-order valence-corrected chi connectivity index (χ4v) is 3.76. The van der Waals surface area contributed by atoms with E-state index in [2.05, 4.69) is 17.6 Å². The van der Waals surface area contributed by atoms with Crippen LogP contribution in [0.1, 0.15) is 47.4 Å². The minimum atomic E-state index is -0.345. The molecule has 1 saturated heterocycles. The second-order valence-corrected chi connectivity index (χ2v) is 8.41. The van der Waals surface area contributed by atoms with Crippen LogP contribution in [0.4, 0.5) is 5.69 Å². The third kappa shape index (κ3) is 7.27. The Bertz CT molecular complexity index is 956. The first kappa shape index (κ1) is 24.7. The predicted octanol–water partition coefficient (Wildman–Crippen LogP) is 4.10. The number of amides is 2. The van der Waals surface area contributed by atoms with Gasteiger partial charge in [0, 0.05) is 25.3 Å². The number of hydrogen-bond acceptors (Lipinski definition) is 5. The predicted molar refractivity (Wildman–Crippen MR) is 133 cm³/mol. The number of carbonyl (C=O) groups is 2. The quantitative estimate of drug-likeness (QED) is 0.448. The van der Waals surface area contributed by atoms with Gasteiger partial charge in [-0.15, -0.1) is 0 Å². The number of carbonyl (C=O) groups excluding carboxylic acids is 2. The highest BCUT2D eigenvalue weighted by molar-refractivity contribution is 7.80. The van der Waals surface area contributed by atoms with Gasteiger partial charge >= 0.3 is 0 Å². The van der Waals surface area contributed by atoms with Crippen LogP contribution in [0.15, 0.2) is 48.5 Å². The molecule has 33 heavy (non-hydrogen) atoms. The second-order valence-electron chi connectivity index (χ2n) is 8.00. The second kappa shape index (κ2) is 12.3. The molecular formula is C25H31N3O4S. The van der Waals surface area contributed by atoms with Crippen molar-refractivity contribution >= 4 is 34.8 Å². The monoisotopic (exact) mass is 469 g/mol. The summed E-state index contributed by atoms with van der Waals surface area (Å²) in [6, 6.07) is 14.0. The van der Waals surface area contributed by atoms with Crippen molar-refractivity contribution in [3.8, 4) is 5.75 Å². The zero-order valence-corrected chi connectivity index (χ0v) is 20.0. The van der Waals surface area contributed by atoms with E-state index in [-0.39, 0.29) is 16.9 Å². The van der Waals surface area contributed by atoms with E-state index < -0.39 is 0 Å². The molecule has 0 atom stereocenters. The number of piperidine rings is 1. The van der Waals surface area contributed by atoms with E-state index in [1.807, 2.05) is 24.0 Å². The normalized spacial score (nSPS) is 13.9. The largest absolute Gasteiger partial charge is 0.491 e. The van der Waals surface area contributed by atoms with Crippen molar-refractivity contribution in [2.24, 2.45) is 5.92 Å². The van der Waals surface area contributed by atoms with Crippen molar-refractivity contribution in [2.45, 2.75) is 26.7 Å². The van der Waals surface area contributed by atoms with Gasteiger partial charge in [0.2, 0.25) is 0 Å². The molecule has 1 fully saturated rings. The van der Waals surface area contributed by atoms with Gasteiger partial charge in [-0.3, -0.25) is 14.9 Å². The molecule has 0 radical (unpaired) electrons. The van der Waals surface area contributed by atoms with Crippen LogP contribution in [0.3, 0.4) is 0 Å². The number of nitrogens with one attached hydrogen (secondary N) is 2. The SMILES string of the molecule is CCOCCOc1ccc(C(=O)NC(=S)Nc2ccccc2C(=O)N2CCC(C)CC2)cc1. The van der Waals surface area contributed by atoms with E-state index in [1.54, 1.807) is 36.4 Å². The van der Waals surface area contributed by atoms with E-state index in [0.29, 0.717) is 48.3 Å². The maximum Gasteiger partial charge on any atom is 0.257 e. The number of ether oxygens (including phenoxy) is 2. The number of para-hydroxylation sites is 1. The summed E-state index contributed by atoms with van der Waals surface area (Å²) in [5.74, 6) is 0.925. The molecule has 176 valence electrons. The molecule has 1 heterocycles. The summed E-state index contributed by atoms with van der Waals surface area (Å²) < 4.78 is 10.8. The zero-order chi connectivity index (χ0) is 23.6. The van der Waals surface area contributed by atoms with Gasteiger partial charge in [-0.2, -0.15) is 0 Å². The molecule has 0 aromatic heterocycles. The van der Waals surface area contributed by atoms with Crippen LogP contribution in [0.2, 0.25) is 0 Å². The van der Waals surface area contributed by atoms with Crippen LogP contribution < -0.4 is 15.4 Å². The fraction of sp³-hybridized carbons (Fsp3) is 0.400. The number of thiocarbonyl (C=S) groups is 1. The molecule has 0 aliphatic carbocycles. The highest BCUT2D eigenvalue weighted by Gasteiger charge is 2.23. The molecule has 0 bridgehead atoms. The van der Waals surface area contributed by atoms with Gasteiger partial charge < -0.3 is 19.7 Å². The Hall–Kier alpha value is -2.97. The Morgan fingerprint density at radius 2 is 1.76 bits per heavy atom. The van der Waals surface area contributed by atoms with Gasteiger partial charge in [-0.25, -0.2) is 0 Å². The topological polar surface area (TPSA) is 79.9 Å². The summed E-state index contributed by atoms with van der Waals surface area (Å²) in [6.45, 7) is 7.25. The van der Waals surface area contributed by atoms with Gasteiger partial charge in [0.1, 0.15) is 12.4 Å². The summed E-state index contributed by atoms with van der Waals surface area (Å²) in [6.07, 6.45) is 2.01. The Morgan fingerprint density at radius 1 is 1.06 bits per heavy atom. The highest BCUT2D eigenvalue weighted by Crippen LogP contribution is 2.22. The number of hydrogen-bond donors (Lipinski definition) is 2. The van der Waals surface area contributed by atoms with Gasteiger partial charge in [-0.05, 0) is 74.3 Å². The Kier molecular flexibility index (Phi) is 9.21. The maximum atomic E-state index is 13.0.